The van der Waals surface area contributed by atoms with E-state index in [0.29, 0.717) is 29.9 Å². The van der Waals surface area contributed by atoms with Crippen molar-refractivity contribution in [3.05, 3.63) is 58.7 Å². The lowest BCUT2D eigenvalue weighted by atomic mass is 10.1. The Morgan fingerprint density at radius 1 is 0.962 bits per heavy atom. The molecular formula is C20H26N2O3S. The zero-order chi connectivity index (χ0) is 19.5. The Balaban J connectivity index is 2.38. The van der Waals surface area contributed by atoms with E-state index in [1.165, 1.54) is 10.4 Å². The molecule has 0 unspecified atom stereocenters. The summed E-state index contributed by atoms with van der Waals surface area (Å²) in [5, 5.41) is 2.85. The van der Waals surface area contributed by atoms with Gasteiger partial charge in [0.2, 0.25) is 10.0 Å². The van der Waals surface area contributed by atoms with Gasteiger partial charge in [-0.2, -0.15) is 4.31 Å². The summed E-state index contributed by atoms with van der Waals surface area (Å²) in [6.45, 7) is 10.0. The van der Waals surface area contributed by atoms with E-state index in [0.717, 1.165) is 11.1 Å². The Kier molecular flexibility index (Phi) is 6.21. The number of rotatable bonds is 6. The highest BCUT2D eigenvalue weighted by Gasteiger charge is 2.24. The Morgan fingerprint density at radius 3 is 2.08 bits per heavy atom. The van der Waals surface area contributed by atoms with Gasteiger partial charge in [0.1, 0.15) is 0 Å². The van der Waals surface area contributed by atoms with Crippen molar-refractivity contribution in [1.29, 1.82) is 0 Å². The minimum absolute atomic E-state index is 0.175. The van der Waals surface area contributed by atoms with E-state index in [4.69, 9.17) is 0 Å². The number of nitrogens with one attached hydrogen (secondary N) is 1. The predicted octanol–water partition coefficient (Wildman–Crippen LogP) is 3.89. The number of aryl methyl sites for hydroxylation is 3. The summed E-state index contributed by atoms with van der Waals surface area (Å²) in [6, 6.07) is 10.6. The number of hydrogen-bond acceptors (Lipinski definition) is 3. The molecule has 26 heavy (non-hydrogen) atoms. The minimum Gasteiger partial charge on any atom is -0.322 e. The van der Waals surface area contributed by atoms with Crippen LogP contribution in [0.5, 0.6) is 0 Å². The molecule has 0 aromatic heterocycles. The topological polar surface area (TPSA) is 66.5 Å². The second kappa shape index (κ2) is 8.01. The highest BCUT2D eigenvalue weighted by molar-refractivity contribution is 7.89. The molecular weight excluding hydrogens is 348 g/mol. The summed E-state index contributed by atoms with van der Waals surface area (Å²) in [4.78, 5) is 12.8. The van der Waals surface area contributed by atoms with Crippen LogP contribution in [0.4, 0.5) is 5.69 Å². The van der Waals surface area contributed by atoms with Crippen LogP contribution in [0.1, 0.15) is 40.9 Å². The lowest BCUT2D eigenvalue weighted by Gasteiger charge is -2.20. The van der Waals surface area contributed by atoms with Gasteiger partial charge in [0.15, 0.2) is 0 Å². The largest absolute Gasteiger partial charge is 0.322 e. The first-order chi connectivity index (χ1) is 12.2. The van der Waals surface area contributed by atoms with Gasteiger partial charge in [-0.15, -0.1) is 0 Å². The van der Waals surface area contributed by atoms with Crippen LogP contribution in [0.2, 0.25) is 0 Å². The van der Waals surface area contributed by atoms with E-state index < -0.39 is 10.0 Å². The average Bonchev–Trinajstić information content (AvgIpc) is 2.54. The molecule has 1 N–H and O–H groups in total. The molecule has 0 spiro atoms. The minimum atomic E-state index is -3.62. The molecule has 0 heterocycles. The van der Waals surface area contributed by atoms with Crippen molar-refractivity contribution in [2.75, 3.05) is 18.4 Å². The molecule has 2 aromatic carbocycles. The lowest BCUT2D eigenvalue weighted by molar-refractivity contribution is 0.102. The summed E-state index contributed by atoms with van der Waals surface area (Å²) in [5.41, 5.74) is 3.74. The van der Waals surface area contributed by atoms with Crippen molar-refractivity contribution >= 4 is 21.6 Å². The summed E-state index contributed by atoms with van der Waals surface area (Å²) in [5.74, 6) is -0.328. The third kappa shape index (κ3) is 4.31. The zero-order valence-electron chi connectivity index (χ0n) is 16.0. The molecule has 140 valence electrons. The number of carbonyl (C=O) groups is 1. The Labute approximate surface area is 156 Å². The fourth-order valence-electron chi connectivity index (χ4n) is 2.97. The molecule has 2 rings (SSSR count). The van der Waals surface area contributed by atoms with Gasteiger partial charge < -0.3 is 5.32 Å². The zero-order valence-corrected chi connectivity index (χ0v) is 16.8. The number of benzene rings is 2. The van der Waals surface area contributed by atoms with Crippen LogP contribution < -0.4 is 5.32 Å². The molecule has 0 bridgehead atoms. The van der Waals surface area contributed by atoms with Gasteiger partial charge in [0.05, 0.1) is 4.90 Å². The van der Waals surface area contributed by atoms with E-state index in [9.17, 15) is 13.2 Å². The number of sulfonamides is 1. The summed E-state index contributed by atoms with van der Waals surface area (Å²) in [6.07, 6.45) is 0. The quantitative estimate of drug-likeness (QED) is 0.834. The van der Waals surface area contributed by atoms with Gasteiger partial charge >= 0.3 is 0 Å². The van der Waals surface area contributed by atoms with Gasteiger partial charge in [-0.05, 0) is 61.7 Å². The van der Waals surface area contributed by atoms with Crippen LogP contribution in [0.25, 0.3) is 0 Å². The van der Waals surface area contributed by atoms with Crippen LogP contribution in [0.15, 0.2) is 41.3 Å². The van der Waals surface area contributed by atoms with Gasteiger partial charge in [0.25, 0.3) is 5.91 Å². The summed E-state index contributed by atoms with van der Waals surface area (Å²) >= 11 is 0. The smallest absolute Gasteiger partial charge is 0.255 e. The van der Waals surface area contributed by atoms with E-state index in [-0.39, 0.29) is 10.8 Å². The molecule has 0 saturated carbocycles. The molecule has 5 nitrogen and oxygen atoms in total. The molecule has 0 aliphatic heterocycles. The first-order valence-electron chi connectivity index (χ1n) is 8.69. The van der Waals surface area contributed by atoms with Crippen LogP contribution in [0.3, 0.4) is 0 Å². The van der Waals surface area contributed by atoms with E-state index in [1.807, 2.05) is 32.0 Å². The van der Waals surface area contributed by atoms with Gasteiger partial charge in [0, 0.05) is 24.3 Å². The molecule has 6 heteroatoms. The van der Waals surface area contributed by atoms with Crippen molar-refractivity contribution in [2.24, 2.45) is 0 Å². The van der Waals surface area contributed by atoms with Crippen molar-refractivity contribution in [1.82, 2.24) is 4.31 Å². The van der Waals surface area contributed by atoms with Crippen LogP contribution in [-0.4, -0.2) is 31.7 Å². The Morgan fingerprint density at radius 2 is 1.54 bits per heavy atom. The van der Waals surface area contributed by atoms with Crippen molar-refractivity contribution in [3.8, 4) is 0 Å². The Bertz CT molecular complexity index is 896. The SMILES string of the molecule is CCN(CC)S(=O)(=O)c1cc(C(=O)Nc2cc(C)cc(C)c2)ccc1C. The number of amides is 1. The highest BCUT2D eigenvalue weighted by atomic mass is 32.2. The maximum atomic E-state index is 12.8. The van der Waals surface area contributed by atoms with Gasteiger partial charge in [-0.1, -0.05) is 26.0 Å². The number of anilines is 1. The van der Waals surface area contributed by atoms with Crippen LogP contribution in [-0.2, 0) is 10.0 Å². The maximum Gasteiger partial charge on any atom is 0.255 e. The average molecular weight is 375 g/mol. The highest BCUT2D eigenvalue weighted by Crippen LogP contribution is 2.22. The molecule has 0 radical (unpaired) electrons. The molecule has 1 amide bonds. The van der Waals surface area contributed by atoms with Crippen molar-refractivity contribution in [3.63, 3.8) is 0 Å². The van der Waals surface area contributed by atoms with E-state index in [1.54, 1.807) is 32.9 Å². The van der Waals surface area contributed by atoms with Gasteiger partial charge in [-0.25, -0.2) is 8.42 Å². The first-order valence-corrected chi connectivity index (χ1v) is 10.1. The normalized spacial score (nSPS) is 11.6. The predicted molar refractivity (Wildman–Crippen MR) is 105 cm³/mol. The molecule has 0 aliphatic carbocycles. The van der Waals surface area contributed by atoms with Crippen molar-refractivity contribution in [2.45, 2.75) is 39.5 Å². The summed E-state index contributed by atoms with van der Waals surface area (Å²) in [7, 11) is -3.62. The fraction of sp³-hybridized carbons (Fsp3) is 0.350. The first kappa shape index (κ1) is 20.1. The lowest BCUT2D eigenvalue weighted by Crippen LogP contribution is -2.31. The van der Waals surface area contributed by atoms with Crippen LogP contribution in [0, 0.1) is 20.8 Å². The number of hydrogen-bond donors (Lipinski definition) is 1. The second-order valence-electron chi connectivity index (χ2n) is 6.40. The fourth-order valence-corrected chi connectivity index (χ4v) is 4.68. The molecule has 0 atom stereocenters. The summed E-state index contributed by atoms with van der Waals surface area (Å²) < 4.78 is 27.1. The van der Waals surface area contributed by atoms with Crippen LogP contribution >= 0.6 is 0 Å². The van der Waals surface area contributed by atoms with E-state index in [2.05, 4.69) is 5.32 Å². The third-order valence-corrected chi connectivity index (χ3v) is 6.45. The van der Waals surface area contributed by atoms with E-state index >= 15 is 0 Å². The standard InChI is InChI=1S/C20H26N2O3S/c1-6-22(7-2)26(24,25)19-13-17(9-8-16(19)5)20(23)21-18-11-14(3)10-15(4)12-18/h8-13H,6-7H2,1-5H3,(H,21,23). The monoisotopic (exact) mass is 374 g/mol. The molecule has 2 aromatic rings. The third-order valence-electron chi connectivity index (χ3n) is 4.25. The molecule has 0 fully saturated rings. The molecule has 0 aliphatic rings. The Hall–Kier alpha value is -2.18. The van der Waals surface area contributed by atoms with Crippen molar-refractivity contribution < 1.29 is 13.2 Å². The van der Waals surface area contributed by atoms with Gasteiger partial charge in [-0.3, -0.25) is 4.79 Å². The second-order valence-corrected chi connectivity index (χ2v) is 8.31. The number of carbonyl (C=O) groups excluding carboxylic acids is 1. The number of nitrogens with zero attached hydrogens (tertiary/aromatic N) is 1. The molecule has 0 saturated heterocycles. The maximum absolute atomic E-state index is 12.8.